The van der Waals surface area contributed by atoms with Gasteiger partial charge < -0.3 is 15.4 Å². The maximum Gasteiger partial charge on any atom is 0.251 e. The van der Waals surface area contributed by atoms with Crippen LogP contribution in [0.2, 0.25) is 0 Å². The zero-order valence-electron chi connectivity index (χ0n) is 16.8. The molecule has 0 aliphatic carbocycles. The highest BCUT2D eigenvalue weighted by Gasteiger charge is 2.29. The molecular formula is C23H30N2O2. The molecular weight excluding hydrogens is 336 g/mol. The molecule has 1 amide bonds. The van der Waals surface area contributed by atoms with Gasteiger partial charge in [-0.25, -0.2) is 0 Å². The lowest BCUT2D eigenvalue weighted by atomic mass is 10.0. The molecule has 2 N–H and O–H groups in total. The molecule has 1 atom stereocenters. The number of carbonyl (C=O) groups excluding carboxylic acids is 1. The van der Waals surface area contributed by atoms with Crippen LogP contribution in [0.4, 0.5) is 0 Å². The van der Waals surface area contributed by atoms with E-state index in [0.717, 1.165) is 37.2 Å². The van der Waals surface area contributed by atoms with Crippen molar-refractivity contribution in [3.05, 3.63) is 64.7 Å². The van der Waals surface area contributed by atoms with Gasteiger partial charge in [-0.1, -0.05) is 31.2 Å². The second kappa shape index (κ2) is 8.13. The molecule has 27 heavy (non-hydrogen) atoms. The van der Waals surface area contributed by atoms with Gasteiger partial charge in [0.1, 0.15) is 11.4 Å². The predicted molar refractivity (Wildman–Crippen MR) is 109 cm³/mol. The van der Waals surface area contributed by atoms with Crippen LogP contribution >= 0.6 is 0 Å². The summed E-state index contributed by atoms with van der Waals surface area (Å²) < 4.78 is 5.94. The summed E-state index contributed by atoms with van der Waals surface area (Å²) >= 11 is 0. The predicted octanol–water partition coefficient (Wildman–Crippen LogP) is 4.22. The first-order valence-corrected chi connectivity index (χ1v) is 9.77. The molecule has 0 bridgehead atoms. The van der Waals surface area contributed by atoms with Gasteiger partial charge in [-0.15, -0.1) is 0 Å². The summed E-state index contributed by atoms with van der Waals surface area (Å²) in [5, 5.41) is 6.49. The first kappa shape index (κ1) is 19.4. The van der Waals surface area contributed by atoms with Crippen LogP contribution in [-0.4, -0.2) is 17.6 Å². The van der Waals surface area contributed by atoms with Crippen molar-refractivity contribution in [2.75, 3.05) is 0 Å². The third kappa shape index (κ3) is 5.10. The molecule has 0 saturated heterocycles. The molecule has 2 aromatic rings. The van der Waals surface area contributed by atoms with Crippen LogP contribution in [0.5, 0.6) is 5.75 Å². The van der Waals surface area contributed by atoms with Gasteiger partial charge in [-0.05, 0) is 62.1 Å². The molecule has 0 radical (unpaired) electrons. The van der Waals surface area contributed by atoms with E-state index in [1.165, 1.54) is 11.1 Å². The summed E-state index contributed by atoms with van der Waals surface area (Å²) in [6.07, 6.45) is 1.87. The standard InChI is InChI=1S/C23H30N2O2/c1-5-16(2)25-22(26)19-8-6-7-17(11-19)14-24-15-18-9-10-21-20(12-18)13-23(3,4)27-21/h6-12,16,24H,5,13-15H2,1-4H3,(H,25,26). The molecule has 4 nitrogen and oxygen atoms in total. The fraction of sp³-hybridized carbons (Fsp3) is 0.435. The molecule has 1 heterocycles. The number of nitrogens with one attached hydrogen (secondary N) is 2. The Balaban J connectivity index is 1.56. The summed E-state index contributed by atoms with van der Waals surface area (Å²) in [7, 11) is 0. The van der Waals surface area contributed by atoms with Crippen molar-refractivity contribution in [1.29, 1.82) is 0 Å². The highest BCUT2D eigenvalue weighted by Crippen LogP contribution is 2.35. The van der Waals surface area contributed by atoms with Crippen LogP contribution in [0.15, 0.2) is 42.5 Å². The number of carbonyl (C=O) groups is 1. The average molecular weight is 367 g/mol. The minimum Gasteiger partial charge on any atom is -0.487 e. The highest BCUT2D eigenvalue weighted by atomic mass is 16.5. The van der Waals surface area contributed by atoms with E-state index in [0.29, 0.717) is 5.56 Å². The number of hydrogen-bond donors (Lipinski definition) is 2. The van der Waals surface area contributed by atoms with E-state index in [1.807, 2.05) is 31.2 Å². The van der Waals surface area contributed by atoms with Gasteiger partial charge in [0.05, 0.1) is 0 Å². The van der Waals surface area contributed by atoms with Crippen molar-refractivity contribution in [1.82, 2.24) is 10.6 Å². The maximum absolute atomic E-state index is 12.3. The first-order valence-electron chi connectivity index (χ1n) is 9.77. The number of rotatable bonds is 7. The monoisotopic (exact) mass is 366 g/mol. The van der Waals surface area contributed by atoms with Crippen molar-refractivity contribution < 1.29 is 9.53 Å². The van der Waals surface area contributed by atoms with E-state index in [4.69, 9.17) is 4.74 Å². The SMILES string of the molecule is CCC(C)NC(=O)c1cccc(CNCc2ccc3c(c2)CC(C)(C)O3)c1. The first-order chi connectivity index (χ1) is 12.9. The quantitative estimate of drug-likeness (QED) is 0.771. The fourth-order valence-corrected chi connectivity index (χ4v) is 3.36. The van der Waals surface area contributed by atoms with E-state index in [2.05, 4.69) is 49.6 Å². The van der Waals surface area contributed by atoms with Crippen molar-refractivity contribution in [3.8, 4) is 5.75 Å². The van der Waals surface area contributed by atoms with E-state index in [-0.39, 0.29) is 17.6 Å². The topological polar surface area (TPSA) is 50.4 Å². The smallest absolute Gasteiger partial charge is 0.251 e. The zero-order valence-corrected chi connectivity index (χ0v) is 16.8. The molecule has 0 spiro atoms. The summed E-state index contributed by atoms with van der Waals surface area (Å²) in [4.78, 5) is 12.3. The second-order valence-electron chi connectivity index (χ2n) is 8.07. The van der Waals surface area contributed by atoms with Gasteiger partial charge in [0, 0.05) is 31.1 Å². The van der Waals surface area contributed by atoms with Gasteiger partial charge in [0.2, 0.25) is 0 Å². The summed E-state index contributed by atoms with van der Waals surface area (Å²) in [6, 6.07) is 14.4. The van der Waals surface area contributed by atoms with Gasteiger partial charge in [-0.3, -0.25) is 4.79 Å². The summed E-state index contributed by atoms with van der Waals surface area (Å²) in [6.45, 7) is 9.84. The Kier molecular flexibility index (Phi) is 5.85. The largest absolute Gasteiger partial charge is 0.487 e. The van der Waals surface area contributed by atoms with Crippen LogP contribution in [-0.2, 0) is 19.5 Å². The Morgan fingerprint density at radius 2 is 1.89 bits per heavy atom. The van der Waals surface area contributed by atoms with Crippen molar-refractivity contribution in [2.45, 2.75) is 65.3 Å². The molecule has 1 aliphatic rings. The van der Waals surface area contributed by atoms with Gasteiger partial charge in [0.25, 0.3) is 5.91 Å². The lowest BCUT2D eigenvalue weighted by Gasteiger charge is -2.16. The second-order valence-corrected chi connectivity index (χ2v) is 8.07. The van der Waals surface area contributed by atoms with Crippen LogP contribution in [0, 0.1) is 0 Å². The Morgan fingerprint density at radius 3 is 2.63 bits per heavy atom. The molecule has 4 heteroatoms. The lowest BCUT2D eigenvalue weighted by molar-refractivity contribution is 0.0939. The molecule has 0 fully saturated rings. The van der Waals surface area contributed by atoms with Gasteiger partial charge >= 0.3 is 0 Å². The van der Waals surface area contributed by atoms with E-state index in [1.54, 1.807) is 0 Å². The van der Waals surface area contributed by atoms with E-state index >= 15 is 0 Å². The molecule has 3 rings (SSSR count). The van der Waals surface area contributed by atoms with Crippen LogP contribution in [0.25, 0.3) is 0 Å². The zero-order chi connectivity index (χ0) is 19.4. The molecule has 0 aromatic heterocycles. The third-order valence-electron chi connectivity index (χ3n) is 4.96. The Labute approximate surface area is 162 Å². The van der Waals surface area contributed by atoms with Crippen LogP contribution < -0.4 is 15.4 Å². The lowest BCUT2D eigenvalue weighted by Crippen LogP contribution is -2.32. The summed E-state index contributed by atoms with van der Waals surface area (Å²) in [5.41, 5.74) is 4.25. The van der Waals surface area contributed by atoms with Crippen LogP contribution in [0.3, 0.4) is 0 Å². The maximum atomic E-state index is 12.3. The number of hydrogen-bond acceptors (Lipinski definition) is 3. The molecule has 1 unspecified atom stereocenters. The Morgan fingerprint density at radius 1 is 1.15 bits per heavy atom. The summed E-state index contributed by atoms with van der Waals surface area (Å²) in [5.74, 6) is 0.996. The van der Waals surface area contributed by atoms with Gasteiger partial charge in [0.15, 0.2) is 0 Å². The Bertz CT molecular complexity index is 814. The molecule has 144 valence electrons. The number of amides is 1. The van der Waals surface area contributed by atoms with Crippen molar-refractivity contribution >= 4 is 5.91 Å². The average Bonchev–Trinajstić information content (AvgIpc) is 2.95. The molecule has 1 aliphatic heterocycles. The number of benzene rings is 2. The van der Waals surface area contributed by atoms with Gasteiger partial charge in [-0.2, -0.15) is 0 Å². The van der Waals surface area contributed by atoms with Crippen molar-refractivity contribution in [3.63, 3.8) is 0 Å². The van der Waals surface area contributed by atoms with Crippen molar-refractivity contribution in [2.24, 2.45) is 0 Å². The van der Waals surface area contributed by atoms with E-state index < -0.39 is 0 Å². The van der Waals surface area contributed by atoms with E-state index in [9.17, 15) is 4.79 Å². The minimum atomic E-state index is -0.106. The number of ether oxygens (including phenoxy) is 1. The van der Waals surface area contributed by atoms with Crippen LogP contribution in [0.1, 0.15) is 61.2 Å². The number of fused-ring (bicyclic) bond motifs is 1. The molecule has 2 aromatic carbocycles. The minimum absolute atomic E-state index is 0.00700. The fourth-order valence-electron chi connectivity index (χ4n) is 3.36. The normalized spacial score (nSPS) is 15.7. The Hall–Kier alpha value is -2.33. The highest BCUT2D eigenvalue weighted by molar-refractivity contribution is 5.94. The molecule has 0 saturated carbocycles. The third-order valence-corrected chi connectivity index (χ3v) is 4.96.